The fraction of sp³-hybridized carbons (Fsp3) is 0.182. The molecule has 0 amide bonds. The van der Waals surface area contributed by atoms with Gasteiger partial charge in [0.15, 0.2) is 17.8 Å². The number of benzene rings is 1. The van der Waals surface area contributed by atoms with Crippen LogP contribution in [-0.4, -0.2) is 36.4 Å². The number of carbonyl (C=O) groups is 3. The van der Waals surface area contributed by atoms with E-state index in [1.807, 2.05) is 0 Å². The average Bonchev–Trinajstić information content (AvgIpc) is 2.37. The number of carbonyl (C=O) groups excluding carboxylic acids is 2. The molecule has 0 bridgehead atoms. The molecule has 1 N–H and O–H groups in total. The molecule has 1 aliphatic heterocycles. The molecule has 0 aromatic heterocycles. The van der Waals surface area contributed by atoms with Crippen molar-refractivity contribution in [3.8, 4) is 11.5 Å². The van der Waals surface area contributed by atoms with Gasteiger partial charge in [-0.05, 0) is 22.0 Å². The summed E-state index contributed by atoms with van der Waals surface area (Å²) < 4.78 is 10.7. The van der Waals surface area contributed by atoms with Crippen molar-refractivity contribution in [3.63, 3.8) is 0 Å². The normalized spacial score (nSPS) is 12.9. The molecule has 0 radical (unpaired) electrons. The molecule has 0 fully saturated rings. The Labute approximate surface area is 110 Å². The van der Waals surface area contributed by atoms with E-state index in [0.717, 1.165) is 0 Å². The number of carboxylic acids is 1. The maximum Gasteiger partial charge on any atom is 0.377 e. The summed E-state index contributed by atoms with van der Waals surface area (Å²) in [5, 5.41) is 8.75. The fourth-order valence-electron chi connectivity index (χ4n) is 1.61. The quantitative estimate of drug-likeness (QED) is 0.514. The number of halogens is 1. The number of aliphatic carboxylic acids is 1. The number of carboxylic acid groups (broad SMARTS) is 1. The zero-order valence-corrected chi connectivity index (χ0v) is 10.5. The zero-order valence-electron chi connectivity index (χ0n) is 8.94. The number of Topliss-reactive ketones (excluding diaryl/α,β-unsaturated/α-hetero) is 1. The molecule has 6 nitrogen and oxygen atoms in total. The van der Waals surface area contributed by atoms with Gasteiger partial charge in [-0.2, -0.15) is 0 Å². The molecule has 0 saturated heterocycles. The van der Waals surface area contributed by atoms with Crippen LogP contribution < -0.4 is 9.47 Å². The van der Waals surface area contributed by atoms with Crippen LogP contribution in [0.4, 0.5) is 0 Å². The third-order valence-electron chi connectivity index (χ3n) is 2.34. The Bertz CT molecular complexity index is 551. The zero-order chi connectivity index (χ0) is 13.3. The molecule has 2 rings (SSSR count). The summed E-state index contributed by atoms with van der Waals surface area (Å²) in [5.74, 6) is -2.64. The maximum atomic E-state index is 11.6. The summed E-state index contributed by atoms with van der Waals surface area (Å²) in [6, 6.07) is 1.33. The summed E-state index contributed by atoms with van der Waals surface area (Å²) in [5.41, 5.74) is 0.0429. The van der Waals surface area contributed by atoms with Gasteiger partial charge in [-0.25, -0.2) is 4.79 Å². The smallest absolute Gasteiger partial charge is 0.377 e. The van der Waals surface area contributed by atoms with E-state index in [0.29, 0.717) is 6.29 Å². The molecule has 0 atom stereocenters. The summed E-state index contributed by atoms with van der Waals surface area (Å²) in [7, 11) is 0. The molecule has 0 unspecified atom stereocenters. The molecular formula is C11H7BrO6. The van der Waals surface area contributed by atoms with Crippen LogP contribution in [0.15, 0.2) is 10.5 Å². The van der Waals surface area contributed by atoms with Gasteiger partial charge in [-0.1, -0.05) is 0 Å². The van der Waals surface area contributed by atoms with Crippen molar-refractivity contribution < 1.29 is 29.0 Å². The largest absolute Gasteiger partial charge is 0.485 e. The lowest BCUT2D eigenvalue weighted by molar-refractivity contribution is -0.131. The van der Waals surface area contributed by atoms with Gasteiger partial charge in [-0.3, -0.25) is 9.59 Å². The Morgan fingerprint density at radius 3 is 2.44 bits per heavy atom. The van der Waals surface area contributed by atoms with E-state index in [1.54, 1.807) is 0 Å². The molecule has 1 aromatic carbocycles. The van der Waals surface area contributed by atoms with Crippen molar-refractivity contribution in [2.45, 2.75) is 0 Å². The van der Waals surface area contributed by atoms with Gasteiger partial charge >= 0.3 is 5.97 Å². The van der Waals surface area contributed by atoms with Gasteiger partial charge in [-0.15, -0.1) is 0 Å². The molecule has 94 valence electrons. The SMILES string of the molecule is O=Cc1cc(Br)c(C(=O)C(=O)O)c2c1OCCO2. The molecule has 1 aromatic rings. The summed E-state index contributed by atoms with van der Waals surface area (Å²) in [6.07, 6.45) is 0.549. The Balaban J connectivity index is 2.70. The first-order chi connectivity index (χ1) is 8.56. The minimum absolute atomic E-state index is 0.00914. The van der Waals surface area contributed by atoms with Gasteiger partial charge < -0.3 is 14.6 Å². The highest BCUT2D eigenvalue weighted by Gasteiger charge is 2.29. The Kier molecular flexibility index (Phi) is 3.33. The highest BCUT2D eigenvalue weighted by molar-refractivity contribution is 9.10. The maximum absolute atomic E-state index is 11.6. The van der Waals surface area contributed by atoms with E-state index < -0.39 is 11.8 Å². The number of ketones is 1. The van der Waals surface area contributed by atoms with Crippen molar-refractivity contribution >= 4 is 34.0 Å². The third kappa shape index (κ3) is 1.97. The fourth-order valence-corrected chi connectivity index (χ4v) is 2.21. The molecule has 1 heterocycles. The van der Waals surface area contributed by atoms with Crippen LogP contribution >= 0.6 is 15.9 Å². The van der Waals surface area contributed by atoms with Crippen molar-refractivity contribution in [1.82, 2.24) is 0 Å². The third-order valence-corrected chi connectivity index (χ3v) is 2.97. The Hall–Kier alpha value is -1.89. The van der Waals surface area contributed by atoms with E-state index in [4.69, 9.17) is 14.6 Å². The van der Waals surface area contributed by atoms with Gasteiger partial charge in [0, 0.05) is 4.47 Å². The van der Waals surface area contributed by atoms with Crippen molar-refractivity contribution in [2.75, 3.05) is 13.2 Å². The predicted octanol–water partition coefficient (Wildman–Crippen LogP) is 1.30. The molecule has 0 spiro atoms. The van der Waals surface area contributed by atoms with Gasteiger partial charge in [0.1, 0.15) is 13.2 Å². The van der Waals surface area contributed by atoms with Crippen molar-refractivity contribution in [2.24, 2.45) is 0 Å². The first-order valence-corrected chi connectivity index (χ1v) is 5.70. The first kappa shape index (κ1) is 12.6. The van der Waals surface area contributed by atoms with Crippen LogP contribution in [0.1, 0.15) is 20.7 Å². The van der Waals surface area contributed by atoms with Crippen LogP contribution in [0.25, 0.3) is 0 Å². The summed E-state index contributed by atoms with van der Waals surface area (Å²) in [6.45, 7) is 0.415. The van der Waals surface area contributed by atoms with E-state index >= 15 is 0 Å². The van der Waals surface area contributed by atoms with Crippen LogP contribution in [-0.2, 0) is 4.79 Å². The first-order valence-electron chi connectivity index (χ1n) is 4.91. The molecule has 7 heteroatoms. The second kappa shape index (κ2) is 4.77. The van der Waals surface area contributed by atoms with Gasteiger partial charge in [0.25, 0.3) is 5.78 Å². The molecule has 1 aliphatic rings. The van der Waals surface area contributed by atoms with E-state index in [1.165, 1.54) is 6.07 Å². The standard InChI is InChI=1S/C11H7BrO6/c12-6-3-5(4-13)9-10(18-2-1-17-9)7(6)8(14)11(15)16/h3-4H,1-2H2,(H,15,16). The van der Waals surface area contributed by atoms with E-state index in [-0.39, 0.29) is 40.3 Å². The summed E-state index contributed by atoms with van der Waals surface area (Å²) in [4.78, 5) is 33.2. The topological polar surface area (TPSA) is 89.9 Å². The molecule has 0 aliphatic carbocycles. The highest BCUT2D eigenvalue weighted by atomic mass is 79.9. The summed E-state index contributed by atoms with van der Waals surface area (Å²) >= 11 is 3.06. The van der Waals surface area contributed by atoms with Gasteiger partial charge in [0.2, 0.25) is 0 Å². The second-order valence-electron chi connectivity index (χ2n) is 3.43. The van der Waals surface area contributed by atoms with Crippen LogP contribution in [0.3, 0.4) is 0 Å². The number of hydrogen-bond donors (Lipinski definition) is 1. The number of fused-ring (bicyclic) bond motifs is 1. The number of hydrogen-bond acceptors (Lipinski definition) is 5. The molecule has 18 heavy (non-hydrogen) atoms. The van der Waals surface area contributed by atoms with Crippen molar-refractivity contribution in [3.05, 3.63) is 21.7 Å². The molecular weight excluding hydrogens is 308 g/mol. The lowest BCUT2D eigenvalue weighted by Gasteiger charge is -2.22. The minimum Gasteiger partial charge on any atom is -0.485 e. The van der Waals surface area contributed by atoms with E-state index in [2.05, 4.69) is 15.9 Å². The minimum atomic E-state index is -1.61. The predicted molar refractivity (Wildman–Crippen MR) is 62.5 cm³/mol. The van der Waals surface area contributed by atoms with Crippen LogP contribution in [0.5, 0.6) is 11.5 Å². The highest BCUT2D eigenvalue weighted by Crippen LogP contribution is 2.41. The molecule has 0 saturated carbocycles. The van der Waals surface area contributed by atoms with E-state index in [9.17, 15) is 14.4 Å². The van der Waals surface area contributed by atoms with Crippen LogP contribution in [0.2, 0.25) is 0 Å². The van der Waals surface area contributed by atoms with Crippen molar-refractivity contribution in [1.29, 1.82) is 0 Å². The Morgan fingerprint density at radius 2 is 1.89 bits per heavy atom. The average molecular weight is 315 g/mol. The Morgan fingerprint density at radius 1 is 1.28 bits per heavy atom. The lowest BCUT2D eigenvalue weighted by atomic mass is 10.0. The number of aldehydes is 1. The lowest BCUT2D eigenvalue weighted by Crippen LogP contribution is -2.22. The second-order valence-corrected chi connectivity index (χ2v) is 4.28. The number of rotatable bonds is 3. The van der Waals surface area contributed by atoms with Gasteiger partial charge in [0.05, 0.1) is 11.1 Å². The number of ether oxygens (including phenoxy) is 2. The monoisotopic (exact) mass is 314 g/mol. The van der Waals surface area contributed by atoms with Crippen LogP contribution in [0, 0.1) is 0 Å².